The van der Waals surface area contributed by atoms with Crippen LogP contribution in [0.3, 0.4) is 0 Å². The molecule has 1 amide bonds. The third-order valence-corrected chi connectivity index (χ3v) is 3.27. The Morgan fingerprint density at radius 2 is 2.15 bits per heavy atom. The first-order valence-electron chi connectivity index (χ1n) is 6.43. The van der Waals surface area contributed by atoms with Crippen LogP contribution < -0.4 is 11.1 Å². The van der Waals surface area contributed by atoms with Crippen LogP contribution in [0, 0.1) is 13.8 Å². The van der Waals surface area contributed by atoms with Gasteiger partial charge in [0.2, 0.25) is 0 Å². The fourth-order valence-electron chi connectivity index (χ4n) is 1.92. The number of hydrogen-bond donors (Lipinski definition) is 2. The maximum absolute atomic E-state index is 11.5. The Hall–Kier alpha value is -2.43. The van der Waals surface area contributed by atoms with E-state index in [-0.39, 0.29) is 6.04 Å². The molecule has 2 heterocycles. The average Bonchev–Trinajstić information content (AvgIpc) is 2.43. The van der Waals surface area contributed by atoms with Gasteiger partial charge in [-0.15, -0.1) is 0 Å². The average molecular weight is 270 g/mol. The van der Waals surface area contributed by atoms with Crippen molar-refractivity contribution in [2.24, 2.45) is 5.73 Å². The van der Waals surface area contributed by atoms with Crippen LogP contribution in [0.4, 0.5) is 5.82 Å². The van der Waals surface area contributed by atoms with Crippen molar-refractivity contribution in [1.82, 2.24) is 9.97 Å². The predicted molar refractivity (Wildman–Crippen MR) is 78.5 cm³/mol. The van der Waals surface area contributed by atoms with Crippen molar-refractivity contribution in [3.05, 3.63) is 53.0 Å². The molecule has 0 radical (unpaired) electrons. The van der Waals surface area contributed by atoms with Crippen molar-refractivity contribution in [2.45, 2.75) is 26.8 Å². The molecule has 5 heteroatoms. The summed E-state index contributed by atoms with van der Waals surface area (Å²) in [6.07, 6.45) is 3.50. The summed E-state index contributed by atoms with van der Waals surface area (Å²) < 4.78 is 0. The molecule has 5 nitrogen and oxygen atoms in total. The first kappa shape index (κ1) is 14.0. The molecule has 2 aromatic heterocycles. The van der Waals surface area contributed by atoms with E-state index in [9.17, 15) is 4.79 Å². The minimum absolute atomic E-state index is 0.0172. The van der Waals surface area contributed by atoms with Gasteiger partial charge < -0.3 is 11.1 Å². The van der Waals surface area contributed by atoms with E-state index in [2.05, 4.69) is 15.3 Å². The van der Waals surface area contributed by atoms with E-state index < -0.39 is 5.91 Å². The maximum Gasteiger partial charge on any atom is 0.252 e. The summed E-state index contributed by atoms with van der Waals surface area (Å²) in [4.78, 5) is 20.0. The number of amides is 1. The number of hydrogen-bond acceptors (Lipinski definition) is 4. The van der Waals surface area contributed by atoms with Crippen LogP contribution in [0.25, 0.3) is 0 Å². The number of carbonyl (C=O) groups excluding carboxylic acids is 1. The number of pyridine rings is 2. The summed E-state index contributed by atoms with van der Waals surface area (Å²) in [7, 11) is 0. The van der Waals surface area contributed by atoms with Crippen LogP contribution in [0.15, 0.2) is 30.6 Å². The number of anilines is 1. The van der Waals surface area contributed by atoms with E-state index in [1.807, 2.05) is 32.9 Å². The van der Waals surface area contributed by atoms with Crippen LogP contribution >= 0.6 is 0 Å². The number of nitrogens with two attached hydrogens (primary N) is 1. The third kappa shape index (κ3) is 2.93. The number of nitrogens with zero attached hydrogens (tertiary/aromatic N) is 2. The van der Waals surface area contributed by atoms with E-state index in [0.717, 1.165) is 16.8 Å². The summed E-state index contributed by atoms with van der Waals surface area (Å²) >= 11 is 0. The van der Waals surface area contributed by atoms with Crippen molar-refractivity contribution >= 4 is 11.7 Å². The first-order chi connectivity index (χ1) is 9.49. The third-order valence-electron chi connectivity index (χ3n) is 3.27. The molecular weight excluding hydrogens is 252 g/mol. The quantitative estimate of drug-likeness (QED) is 0.893. The summed E-state index contributed by atoms with van der Waals surface area (Å²) in [5, 5.41) is 3.22. The van der Waals surface area contributed by atoms with Gasteiger partial charge in [0.25, 0.3) is 5.91 Å². The zero-order valence-corrected chi connectivity index (χ0v) is 11.8. The monoisotopic (exact) mass is 270 g/mol. The molecule has 0 saturated heterocycles. The number of aryl methyl sites for hydroxylation is 2. The van der Waals surface area contributed by atoms with Gasteiger partial charge in [-0.05, 0) is 44.0 Å². The van der Waals surface area contributed by atoms with E-state index in [1.165, 1.54) is 0 Å². The second-order valence-corrected chi connectivity index (χ2v) is 4.80. The van der Waals surface area contributed by atoms with Crippen molar-refractivity contribution in [2.75, 3.05) is 5.32 Å². The Labute approximate surface area is 118 Å². The van der Waals surface area contributed by atoms with Crippen LogP contribution in [-0.4, -0.2) is 15.9 Å². The fraction of sp³-hybridized carbons (Fsp3) is 0.267. The van der Waals surface area contributed by atoms with Crippen LogP contribution in [0.1, 0.15) is 40.1 Å². The molecule has 20 heavy (non-hydrogen) atoms. The maximum atomic E-state index is 11.5. The Kier molecular flexibility index (Phi) is 3.98. The van der Waals surface area contributed by atoms with Crippen molar-refractivity contribution < 1.29 is 4.79 Å². The predicted octanol–water partition coefficient (Wildman–Crippen LogP) is 2.37. The number of rotatable bonds is 4. The normalized spacial score (nSPS) is 11.9. The lowest BCUT2D eigenvalue weighted by molar-refractivity contribution is 0.100. The first-order valence-corrected chi connectivity index (χ1v) is 6.43. The highest BCUT2D eigenvalue weighted by Gasteiger charge is 2.14. The lowest BCUT2D eigenvalue weighted by Crippen LogP contribution is -2.18. The van der Waals surface area contributed by atoms with Gasteiger partial charge in [0.1, 0.15) is 5.82 Å². The Balaban J connectivity index is 2.33. The molecule has 2 rings (SSSR count). The molecular formula is C15H18N4O. The molecule has 1 unspecified atom stereocenters. The van der Waals surface area contributed by atoms with Gasteiger partial charge in [-0.3, -0.25) is 9.78 Å². The van der Waals surface area contributed by atoms with E-state index in [0.29, 0.717) is 11.4 Å². The number of primary amides is 1. The van der Waals surface area contributed by atoms with E-state index in [4.69, 9.17) is 5.73 Å². The largest absolute Gasteiger partial charge is 0.365 e. The summed E-state index contributed by atoms with van der Waals surface area (Å²) in [6.45, 7) is 5.79. The van der Waals surface area contributed by atoms with Gasteiger partial charge in [0.15, 0.2) is 0 Å². The molecule has 0 bridgehead atoms. The number of carbonyl (C=O) groups is 1. The van der Waals surface area contributed by atoms with Crippen molar-refractivity contribution in [3.63, 3.8) is 0 Å². The van der Waals surface area contributed by atoms with Crippen LogP contribution in [0.5, 0.6) is 0 Å². The molecule has 0 aliphatic heterocycles. The molecule has 104 valence electrons. The summed E-state index contributed by atoms with van der Waals surface area (Å²) in [6, 6.07) is 5.59. The molecule has 0 spiro atoms. The van der Waals surface area contributed by atoms with Gasteiger partial charge in [-0.25, -0.2) is 4.98 Å². The lowest BCUT2D eigenvalue weighted by Gasteiger charge is -2.17. The van der Waals surface area contributed by atoms with Crippen LogP contribution in [0.2, 0.25) is 0 Å². The van der Waals surface area contributed by atoms with Crippen molar-refractivity contribution in [1.29, 1.82) is 0 Å². The minimum Gasteiger partial charge on any atom is -0.365 e. The number of nitrogens with one attached hydrogen (secondary N) is 1. The van der Waals surface area contributed by atoms with E-state index in [1.54, 1.807) is 18.5 Å². The lowest BCUT2D eigenvalue weighted by atomic mass is 10.1. The molecule has 0 saturated carbocycles. The second kappa shape index (κ2) is 5.69. The van der Waals surface area contributed by atoms with Gasteiger partial charge in [-0.2, -0.15) is 0 Å². The van der Waals surface area contributed by atoms with E-state index >= 15 is 0 Å². The zero-order chi connectivity index (χ0) is 14.7. The standard InChI is InChI=1S/C15H18N4O/c1-9-7-13(14(16)20)15(18-10(9)2)19-11(3)12-5-4-6-17-8-12/h4-8,11H,1-3H3,(H2,16,20)(H,18,19). The molecule has 3 N–H and O–H groups in total. The van der Waals surface area contributed by atoms with Crippen LogP contribution in [-0.2, 0) is 0 Å². The molecule has 0 aliphatic carbocycles. The zero-order valence-electron chi connectivity index (χ0n) is 11.8. The van der Waals surface area contributed by atoms with Gasteiger partial charge in [0, 0.05) is 18.1 Å². The Bertz CT molecular complexity index is 625. The fourth-order valence-corrected chi connectivity index (χ4v) is 1.92. The Morgan fingerprint density at radius 3 is 2.75 bits per heavy atom. The Morgan fingerprint density at radius 1 is 1.40 bits per heavy atom. The van der Waals surface area contributed by atoms with Crippen molar-refractivity contribution in [3.8, 4) is 0 Å². The summed E-state index contributed by atoms with van der Waals surface area (Å²) in [5.41, 5.74) is 8.65. The minimum atomic E-state index is -0.485. The van der Waals surface area contributed by atoms with Gasteiger partial charge >= 0.3 is 0 Å². The highest BCUT2D eigenvalue weighted by Crippen LogP contribution is 2.22. The topological polar surface area (TPSA) is 80.9 Å². The number of aromatic nitrogens is 2. The molecule has 2 aromatic rings. The molecule has 0 fully saturated rings. The highest BCUT2D eigenvalue weighted by atomic mass is 16.1. The molecule has 0 aliphatic rings. The summed E-state index contributed by atoms with van der Waals surface area (Å²) in [5.74, 6) is 0.0263. The van der Waals surface area contributed by atoms with Gasteiger partial charge in [0.05, 0.1) is 11.6 Å². The molecule has 1 atom stereocenters. The van der Waals surface area contributed by atoms with Gasteiger partial charge in [-0.1, -0.05) is 6.07 Å². The smallest absolute Gasteiger partial charge is 0.252 e. The SMILES string of the molecule is Cc1cc(C(N)=O)c(NC(C)c2cccnc2)nc1C. The second-order valence-electron chi connectivity index (χ2n) is 4.80. The highest BCUT2D eigenvalue weighted by molar-refractivity contribution is 5.97. The molecule has 0 aromatic carbocycles.